The maximum atomic E-state index is 12.1. The van der Waals surface area contributed by atoms with Crippen LogP contribution in [0.25, 0.3) is 0 Å². The van der Waals surface area contributed by atoms with Crippen molar-refractivity contribution in [2.24, 2.45) is 0 Å². The molecule has 21 heavy (non-hydrogen) atoms. The van der Waals surface area contributed by atoms with E-state index in [-0.39, 0.29) is 5.91 Å². The smallest absolute Gasteiger partial charge is 0.251 e. The zero-order chi connectivity index (χ0) is 15.3. The van der Waals surface area contributed by atoms with E-state index in [1.54, 1.807) is 0 Å². The van der Waals surface area contributed by atoms with Gasteiger partial charge in [0.15, 0.2) is 0 Å². The molecular formula is C16H24N2O2S. The first-order valence-electron chi connectivity index (χ1n) is 7.30. The predicted octanol–water partition coefficient (Wildman–Crippen LogP) is 1.74. The fourth-order valence-electron chi connectivity index (χ4n) is 2.40. The topological polar surface area (TPSA) is 52.6 Å². The highest BCUT2D eigenvalue weighted by Gasteiger charge is 2.29. The highest BCUT2D eigenvalue weighted by molar-refractivity contribution is 7.99. The molecular weight excluding hydrogens is 284 g/mol. The first-order valence-corrected chi connectivity index (χ1v) is 8.46. The number of benzene rings is 1. The third-order valence-electron chi connectivity index (χ3n) is 3.72. The lowest BCUT2D eigenvalue weighted by molar-refractivity contribution is 0.0311. The summed E-state index contributed by atoms with van der Waals surface area (Å²) in [6, 6.07) is 7.63. The van der Waals surface area contributed by atoms with Crippen LogP contribution in [0, 0.1) is 0 Å². The van der Waals surface area contributed by atoms with Crippen LogP contribution >= 0.6 is 11.8 Å². The van der Waals surface area contributed by atoms with Gasteiger partial charge in [0.05, 0.1) is 5.60 Å². The largest absolute Gasteiger partial charge is 0.388 e. The van der Waals surface area contributed by atoms with E-state index in [1.165, 1.54) is 5.56 Å². The van der Waals surface area contributed by atoms with Gasteiger partial charge in [-0.05, 0) is 56.1 Å². The highest BCUT2D eigenvalue weighted by Crippen LogP contribution is 2.26. The van der Waals surface area contributed by atoms with Gasteiger partial charge in [-0.3, -0.25) is 4.79 Å². The summed E-state index contributed by atoms with van der Waals surface area (Å²) in [4.78, 5) is 14.2. The summed E-state index contributed by atoms with van der Waals surface area (Å²) in [5, 5.41) is 13.2. The summed E-state index contributed by atoms with van der Waals surface area (Å²) in [5.74, 6) is 1.81. The zero-order valence-electron chi connectivity index (χ0n) is 12.8. The molecule has 1 amide bonds. The van der Waals surface area contributed by atoms with Crippen LogP contribution < -0.4 is 5.32 Å². The molecule has 1 saturated heterocycles. The van der Waals surface area contributed by atoms with Crippen molar-refractivity contribution in [2.45, 2.75) is 25.0 Å². The molecule has 1 aliphatic heterocycles. The van der Waals surface area contributed by atoms with Crippen molar-refractivity contribution >= 4 is 17.7 Å². The molecule has 2 rings (SSSR count). The molecule has 0 saturated carbocycles. The molecule has 4 nitrogen and oxygen atoms in total. The monoisotopic (exact) mass is 308 g/mol. The SMILES string of the molecule is CN(C)Cc1ccc(C(=O)NCC2(O)CCSCC2)cc1. The summed E-state index contributed by atoms with van der Waals surface area (Å²) in [5.41, 5.74) is 1.09. The fourth-order valence-corrected chi connectivity index (χ4v) is 3.65. The molecule has 0 bridgehead atoms. The Hall–Kier alpha value is -1.04. The number of nitrogens with one attached hydrogen (secondary N) is 1. The van der Waals surface area contributed by atoms with E-state index in [9.17, 15) is 9.90 Å². The molecule has 1 aromatic rings. The Morgan fingerprint density at radius 2 is 1.90 bits per heavy atom. The molecule has 0 aliphatic carbocycles. The van der Waals surface area contributed by atoms with Gasteiger partial charge in [0.1, 0.15) is 0 Å². The third kappa shape index (κ3) is 5.02. The molecule has 5 heteroatoms. The van der Waals surface area contributed by atoms with Crippen LogP contribution in [0.15, 0.2) is 24.3 Å². The van der Waals surface area contributed by atoms with Gasteiger partial charge in [0, 0.05) is 18.7 Å². The second-order valence-electron chi connectivity index (χ2n) is 5.95. The van der Waals surface area contributed by atoms with E-state index in [0.717, 1.165) is 30.9 Å². The number of carbonyl (C=O) groups excluding carboxylic acids is 1. The van der Waals surface area contributed by atoms with Crippen molar-refractivity contribution in [2.75, 3.05) is 32.1 Å². The van der Waals surface area contributed by atoms with Crippen molar-refractivity contribution in [3.05, 3.63) is 35.4 Å². The number of hydrogen-bond donors (Lipinski definition) is 2. The normalized spacial score (nSPS) is 17.7. The first kappa shape index (κ1) is 16.3. The van der Waals surface area contributed by atoms with E-state index >= 15 is 0 Å². The Bertz CT molecular complexity index is 468. The van der Waals surface area contributed by atoms with Crippen LogP contribution in [0.1, 0.15) is 28.8 Å². The molecule has 1 heterocycles. The Morgan fingerprint density at radius 1 is 1.29 bits per heavy atom. The van der Waals surface area contributed by atoms with Gasteiger partial charge in [-0.2, -0.15) is 11.8 Å². The van der Waals surface area contributed by atoms with Crippen molar-refractivity contribution in [3.8, 4) is 0 Å². The standard InChI is InChI=1S/C16H24N2O2S/c1-18(2)11-13-3-5-14(6-4-13)15(19)17-12-16(20)7-9-21-10-8-16/h3-6,20H,7-12H2,1-2H3,(H,17,19). The van der Waals surface area contributed by atoms with Gasteiger partial charge < -0.3 is 15.3 Å². The van der Waals surface area contributed by atoms with Crippen LogP contribution in [0.4, 0.5) is 0 Å². The summed E-state index contributed by atoms with van der Waals surface area (Å²) in [7, 11) is 4.04. The third-order valence-corrected chi connectivity index (χ3v) is 4.70. The van der Waals surface area contributed by atoms with E-state index in [1.807, 2.05) is 50.1 Å². The van der Waals surface area contributed by atoms with Crippen molar-refractivity contribution in [1.29, 1.82) is 0 Å². The lowest BCUT2D eigenvalue weighted by Gasteiger charge is -2.31. The Morgan fingerprint density at radius 3 is 2.48 bits per heavy atom. The predicted molar refractivity (Wildman–Crippen MR) is 87.7 cm³/mol. The molecule has 0 unspecified atom stereocenters. The van der Waals surface area contributed by atoms with Gasteiger partial charge in [-0.1, -0.05) is 12.1 Å². The van der Waals surface area contributed by atoms with E-state index in [4.69, 9.17) is 0 Å². The summed E-state index contributed by atoms with van der Waals surface area (Å²) < 4.78 is 0. The number of thioether (sulfide) groups is 1. The Balaban J connectivity index is 1.88. The number of hydrogen-bond acceptors (Lipinski definition) is 4. The van der Waals surface area contributed by atoms with Crippen molar-refractivity contribution in [3.63, 3.8) is 0 Å². The van der Waals surface area contributed by atoms with E-state index < -0.39 is 5.60 Å². The lowest BCUT2D eigenvalue weighted by Crippen LogP contribution is -2.45. The molecule has 116 valence electrons. The summed E-state index contributed by atoms with van der Waals surface area (Å²) >= 11 is 1.86. The molecule has 1 aromatic carbocycles. The van der Waals surface area contributed by atoms with Crippen molar-refractivity contribution < 1.29 is 9.90 Å². The average molecular weight is 308 g/mol. The molecule has 0 spiro atoms. The van der Waals surface area contributed by atoms with Crippen LogP contribution in [0.3, 0.4) is 0 Å². The van der Waals surface area contributed by atoms with E-state index in [0.29, 0.717) is 12.1 Å². The van der Waals surface area contributed by atoms with Crippen LogP contribution in [0.2, 0.25) is 0 Å². The zero-order valence-corrected chi connectivity index (χ0v) is 13.6. The second kappa shape index (κ2) is 7.29. The number of rotatable bonds is 5. The average Bonchev–Trinajstić information content (AvgIpc) is 2.46. The Labute approximate surface area is 130 Å². The number of nitrogens with zero attached hydrogens (tertiary/aromatic N) is 1. The number of amides is 1. The summed E-state index contributed by atoms with van der Waals surface area (Å²) in [6.07, 6.45) is 1.50. The van der Waals surface area contributed by atoms with Crippen LogP contribution in [0.5, 0.6) is 0 Å². The molecule has 0 atom stereocenters. The lowest BCUT2D eigenvalue weighted by atomic mass is 9.97. The van der Waals surface area contributed by atoms with Gasteiger partial charge in [-0.25, -0.2) is 0 Å². The van der Waals surface area contributed by atoms with Gasteiger partial charge in [0.2, 0.25) is 0 Å². The van der Waals surface area contributed by atoms with Gasteiger partial charge in [-0.15, -0.1) is 0 Å². The molecule has 2 N–H and O–H groups in total. The minimum atomic E-state index is -0.730. The first-order chi connectivity index (χ1) is 9.98. The maximum Gasteiger partial charge on any atom is 0.251 e. The van der Waals surface area contributed by atoms with Gasteiger partial charge in [0.25, 0.3) is 5.91 Å². The number of carbonyl (C=O) groups is 1. The van der Waals surface area contributed by atoms with Crippen LogP contribution in [-0.2, 0) is 6.54 Å². The van der Waals surface area contributed by atoms with Gasteiger partial charge >= 0.3 is 0 Å². The summed E-state index contributed by atoms with van der Waals surface area (Å²) in [6.45, 7) is 1.20. The molecule has 1 fully saturated rings. The highest BCUT2D eigenvalue weighted by atomic mass is 32.2. The molecule has 0 aromatic heterocycles. The quantitative estimate of drug-likeness (QED) is 0.870. The minimum absolute atomic E-state index is 0.113. The number of aliphatic hydroxyl groups is 1. The fraction of sp³-hybridized carbons (Fsp3) is 0.562. The van der Waals surface area contributed by atoms with Crippen molar-refractivity contribution in [1.82, 2.24) is 10.2 Å². The molecule has 0 radical (unpaired) electrons. The van der Waals surface area contributed by atoms with Crippen LogP contribution in [-0.4, -0.2) is 53.7 Å². The minimum Gasteiger partial charge on any atom is -0.388 e. The maximum absolute atomic E-state index is 12.1. The second-order valence-corrected chi connectivity index (χ2v) is 7.18. The Kier molecular flexibility index (Phi) is 5.67. The van der Waals surface area contributed by atoms with E-state index in [2.05, 4.69) is 10.2 Å². The molecule has 1 aliphatic rings.